The largest absolute Gasteiger partial charge is 0.459 e. The molecule has 3 aromatic carbocycles. The molecule has 8 nitrogen and oxygen atoms in total. The average Bonchev–Trinajstić information content (AvgIpc) is 3.47. The number of hydrogen-bond donors (Lipinski definition) is 0. The van der Waals surface area contributed by atoms with Crippen LogP contribution < -0.4 is 4.74 Å². The SMILES string of the molecule is CC(=O)Oc1cc(C)c2c(c1C)C[C@H]([C@@H](C)C(=O)OCc1cn(-c3ccc(C(=O)c4ccccc4)cc3)nn1)CC2. The standard InChI is InChI=1S/C33H33N3O5/c1-20-16-31(41-23(4)37)22(3)30-17-26(12-15-29(20)30)21(2)33(39)40-19-27-18-36(35-34-27)28-13-10-25(11-14-28)32(38)24-8-6-5-7-9-24/h5-11,13-14,16,18,21,26H,12,15,17,19H2,1-4H3/t21-,26-/m1/s1. The lowest BCUT2D eigenvalue weighted by Crippen LogP contribution is -2.29. The Morgan fingerprint density at radius 2 is 1.71 bits per heavy atom. The molecule has 2 atom stereocenters. The molecule has 5 rings (SSSR count). The van der Waals surface area contributed by atoms with Crippen molar-refractivity contribution in [3.63, 3.8) is 0 Å². The molecule has 1 aliphatic carbocycles. The van der Waals surface area contributed by atoms with Gasteiger partial charge in [0.05, 0.1) is 17.8 Å². The first-order valence-corrected chi connectivity index (χ1v) is 13.8. The van der Waals surface area contributed by atoms with E-state index >= 15 is 0 Å². The van der Waals surface area contributed by atoms with E-state index in [0.29, 0.717) is 22.6 Å². The van der Waals surface area contributed by atoms with Gasteiger partial charge in [0.15, 0.2) is 5.78 Å². The van der Waals surface area contributed by atoms with Crippen molar-refractivity contribution in [1.82, 2.24) is 15.0 Å². The number of fused-ring (bicyclic) bond motifs is 1. The highest BCUT2D eigenvalue weighted by Gasteiger charge is 2.31. The third kappa shape index (κ3) is 6.11. The van der Waals surface area contributed by atoms with Gasteiger partial charge >= 0.3 is 11.9 Å². The Morgan fingerprint density at radius 1 is 1.00 bits per heavy atom. The van der Waals surface area contributed by atoms with Gasteiger partial charge in [-0.3, -0.25) is 14.4 Å². The molecular weight excluding hydrogens is 518 g/mol. The molecule has 0 amide bonds. The molecule has 0 fully saturated rings. The van der Waals surface area contributed by atoms with Crippen LogP contribution in [0.5, 0.6) is 5.75 Å². The number of carbonyl (C=O) groups excluding carboxylic acids is 3. The zero-order valence-electron chi connectivity index (χ0n) is 23.7. The van der Waals surface area contributed by atoms with Crippen molar-refractivity contribution in [2.24, 2.45) is 11.8 Å². The van der Waals surface area contributed by atoms with Crippen LogP contribution in [0.25, 0.3) is 5.69 Å². The Hall–Kier alpha value is -4.59. The van der Waals surface area contributed by atoms with Gasteiger partial charge in [-0.2, -0.15) is 0 Å². The molecule has 0 N–H and O–H groups in total. The van der Waals surface area contributed by atoms with Crippen LogP contribution in [0.4, 0.5) is 0 Å². The number of ether oxygens (including phenoxy) is 2. The first-order chi connectivity index (χ1) is 19.7. The summed E-state index contributed by atoms with van der Waals surface area (Å²) in [5, 5.41) is 8.31. The minimum absolute atomic E-state index is 0.0196. The van der Waals surface area contributed by atoms with Gasteiger partial charge in [-0.1, -0.05) is 42.5 Å². The summed E-state index contributed by atoms with van der Waals surface area (Å²) < 4.78 is 12.7. The molecule has 0 saturated carbocycles. The van der Waals surface area contributed by atoms with Gasteiger partial charge < -0.3 is 9.47 Å². The van der Waals surface area contributed by atoms with Gasteiger partial charge in [-0.25, -0.2) is 4.68 Å². The number of esters is 2. The molecule has 0 aliphatic heterocycles. The fourth-order valence-corrected chi connectivity index (χ4v) is 5.49. The smallest absolute Gasteiger partial charge is 0.309 e. The van der Waals surface area contributed by atoms with Crippen molar-refractivity contribution < 1.29 is 23.9 Å². The highest BCUT2D eigenvalue weighted by atomic mass is 16.5. The van der Waals surface area contributed by atoms with Gasteiger partial charge in [-0.15, -0.1) is 5.10 Å². The van der Waals surface area contributed by atoms with Crippen molar-refractivity contribution in [3.8, 4) is 11.4 Å². The number of rotatable bonds is 8. The van der Waals surface area contributed by atoms with E-state index in [1.54, 1.807) is 47.3 Å². The number of hydrogen-bond acceptors (Lipinski definition) is 7. The van der Waals surface area contributed by atoms with E-state index in [1.165, 1.54) is 12.5 Å². The lowest BCUT2D eigenvalue weighted by atomic mass is 9.75. The Bertz CT molecular complexity index is 1590. The topological polar surface area (TPSA) is 100 Å². The van der Waals surface area contributed by atoms with E-state index in [9.17, 15) is 14.4 Å². The summed E-state index contributed by atoms with van der Waals surface area (Å²) in [6.45, 7) is 7.34. The molecule has 0 spiro atoms. The van der Waals surface area contributed by atoms with Crippen LogP contribution in [0.2, 0.25) is 0 Å². The van der Waals surface area contributed by atoms with Crippen LogP contribution in [-0.2, 0) is 33.8 Å². The van der Waals surface area contributed by atoms with E-state index in [-0.39, 0.29) is 36.2 Å². The number of nitrogens with zero attached hydrogens (tertiary/aromatic N) is 3. The molecule has 4 aromatic rings. The second kappa shape index (κ2) is 11.9. The molecule has 1 aliphatic rings. The number of aromatic nitrogens is 3. The third-order valence-electron chi connectivity index (χ3n) is 7.91. The highest BCUT2D eigenvalue weighted by Crippen LogP contribution is 2.38. The number of carbonyl (C=O) groups is 3. The lowest BCUT2D eigenvalue weighted by Gasteiger charge is -2.31. The van der Waals surface area contributed by atoms with Gasteiger partial charge in [0, 0.05) is 18.1 Å². The fourth-order valence-electron chi connectivity index (χ4n) is 5.49. The molecule has 210 valence electrons. The number of ketones is 1. The van der Waals surface area contributed by atoms with E-state index in [2.05, 4.69) is 10.3 Å². The minimum Gasteiger partial charge on any atom is -0.459 e. The van der Waals surface area contributed by atoms with Crippen molar-refractivity contribution in [3.05, 3.63) is 106 Å². The molecule has 8 heteroatoms. The maximum Gasteiger partial charge on any atom is 0.309 e. The van der Waals surface area contributed by atoms with Crippen molar-refractivity contribution in [2.45, 2.75) is 53.6 Å². The van der Waals surface area contributed by atoms with E-state index in [0.717, 1.165) is 41.6 Å². The summed E-state index contributed by atoms with van der Waals surface area (Å²) in [7, 11) is 0. The van der Waals surface area contributed by atoms with E-state index < -0.39 is 0 Å². The fraction of sp³-hybridized carbons (Fsp3) is 0.303. The Morgan fingerprint density at radius 3 is 2.41 bits per heavy atom. The van der Waals surface area contributed by atoms with E-state index in [4.69, 9.17) is 9.47 Å². The highest BCUT2D eigenvalue weighted by molar-refractivity contribution is 6.09. The second-order valence-electron chi connectivity index (χ2n) is 10.7. The summed E-state index contributed by atoms with van der Waals surface area (Å²) in [4.78, 5) is 37.2. The zero-order chi connectivity index (χ0) is 29.1. The van der Waals surface area contributed by atoms with E-state index in [1.807, 2.05) is 45.0 Å². The van der Waals surface area contributed by atoms with Crippen LogP contribution in [0.15, 0.2) is 66.9 Å². The number of aryl methyl sites for hydroxylation is 1. The van der Waals surface area contributed by atoms with Crippen LogP contribution in [0.3, 0.4) is 0 Å². The normalized spacial score (nSPS) is 15.1. The Balaban J connectivity index is 1.19. The monoisotopic (exact) mass is 551 g/mol. The predicted molar refractivity (Wildman–Crippen MR) is 153 cm³/mol. The second-order valence-corrected chi connectivity index (χ2v) is 10.7. The van der Waals surface area contributed by atoms with Gasteiger partial charge in [0.1, 0.15) is 18.1 Å². The Labute approximate surface area is 239 Å². The maximum absolute atomic E-state index is 13.0. The quantitative estimate of drug-likeness (QED) is 0.161. The minimum atomic E-state index is -0.344. The van der Waals surface area contributed by atoms with Crippen molar-refractivity contribution in [2.75, 3.05) is 0 Å². The average molecular weight is 552 g/mol. The molecule has 1 aromatic heterocycles. The number of benzene rings is 3. The molecule has 0 saturated heterocycles. The summed E-state index contributed by atoms with van der Waals surface area (Å²) in [6.07, 6.45) is 4.20. The van der Waals surface area contributed by atoms with Crippen LogP contribution in [0, 0.1) is 25.7 Å². The first-order valence-electron chi connectivity index (χ1n) is 13.8. The molecular formula is C33H33N3O5. The summed E-state index contributed by atoms with van der Waals surface area (Å²) in [6, 6.07) is 18.2. The molecule has 0 unspecified atom stereocenters. The summed E-state index contributed by atoms with van der Waals surface area (Å²) in [5.41, 5.74) is 7.00. The first kappa shape index (κ1) is 28.0. The van der Waals surface area contributed by atoms with Crippen LogP contribution >= 0.6 is 0 Å². The van der Waals surface area contributed by atoms with Gasteiger partial charge in [-0.05, 0) is 91.6 Å². The molecule has 0 bridgehead atoms. The van der Waals surface area contributed by atoms with Crippen LogP contribution in [0.1, 0.15) is 64.1 Å². The third-order valence-corrected chi connectivity index (χ3v) is 7.91. The predicted octanol–water partition coefficient (Wildman–Crippen LogP) is 5.52. The van der Waals surface area contributed by atoms with Crippen LogP contribution in [-0.4, -0.2) is 32.7 Å². The molecule has 0 radical (unpaired) electrons. The van der Waals surface area contributed by atoms with Crippen molar-refractivity contribution in [1.29, 1.82) is 0 Å². The summed E-state index contributed by atoms with van der Waals surface area (Å²) >= 11 is 0. The molecule has 41 heavy (non-hydrogen) atoms. The molecule has 1 heterocycles. The van der Waals surface area contributed by atoms with Gasteiger partial charge in [0.25, 0.3) is 0 Å². The van der Waals surface area contributed by atoms with Crippen molar-refractivity contribution >= 4 is 17.7 Å². The van der Waals surface area contributed by atoms with Gasteiger partial charge in [0.2, 0.25) is 0 Å². The Kier molecular flexibility index (Phi) is 8.10. The maximum atomic E-state index is 13.0. The zero-order valence-corrected chi connectivity index (χ0v) is 23.7. The summed E-state index contributed by atoms with van der Waals surface area (Å²) in [5.74, 6) is -0.260. The lowest BCUT2D eigenvalue weighted by molar-refractivity contribution is -0.151.